The number of nitrogens with zero attached hydrogens (tertiary/aromatic N) is 6. The van der Waals surface area contributed by atoms with E-state index in [0.717, 1.165) is 35.4 Å². The third-order valence-corrected chi connectivity index (χ3v) is 4.67. The maximum Gasteiger partial charge on any atom is 0.213 e. The number of aryl methyl sites for hydroxylation is 1. The van der Waals surface area contributed by atoms with Gasteiger partial charge in [-0.15, -0.1) is 5.10 Å². The molecule has 3 aromatic rings. The second-order valence-electron chi connectivity index (χ2n) is 6.92. The van der Waals surface area contributed by atoms with Crippen LogP contribution in [0.3, 0.4) is 0 Å². The summed E-state index contributed by atoms with van der Waals surface area (Å²) in [6.45, 7) is 6.59. The van der Waals surface area contributed by atoms with Crippen LogP contribution in [0.5, 0.6) is 0 Å². The van der Waals surface area contributed by atoms with E-state index in [2.05, 4.69) is 38.7 Å². The van der Waals surface area contributed by atoms with Gasteiger partial charge in [0.25, 0.3) is 0 Å². The topological polar surface area (TPSA) is 67.7 Å². The lowest BCUT2D eigenvalue weighted by Gasteiger charge is -2.26. The van der Waals surface area contributed by atoms with Crippen molar-refractivity contribution in [2.24, 2.45) is 0 Å². The van der Waals surface area contributed by atoms with Crippen molar-refractivity contribution < 1.29 is 4.39 Å². The summed E-state index contributed by atoms with van der Waals surface area (Å²) < 4.78 is 13.7. The van der Waals surface area contributed by atoms with Crippen molar-refractivity contribution in [2.45, 2.75) is 26.3 Å². The van der Waals surface area contributed by atoms with Crippen LogP contribution in [0.2, 0.25) is 0 Å². The van der Waals surface area contributed by atoms with E-state index in [9.17, 15) is 4.39 Å². The summed E-state index contributed by atoms with van der Waals surface area (Å²) in [7, 11) is 0. The monoisotopic (exact) mass is 400 g/mol. The molecule has 0 saturated heterocycles. The average molecular weight is 400 g/mol. The van der Waals surface area contributed by atoms with Crippen molar-refractivity contribution in [1.82, 2.24) is 30.0 Å². The second kappa shape index (κ2) is 8.73. The number of allylic oxidation sites excluding steroid dienone is 3. The van der Waals surface area contributed by atoms with Gasteiger partial charge in [0.15, 0.2) is 5.82 Å². The molecule has 4 heterocycles. The van der Waals surface area contributed by atoms with Gasteiger partial charge in [-0.1, -0.05) is 26.0 Å². The molecule has 30 heavy (non-hydrogen) atoms. The van der Waals surface area contributed by atoms with Crippen molar-refractivity contribution in [3.05, 3.63) is 96.1 Å². The first-order valence-electron chi connectivity index (χ1n) is 9.75. The highest BCUT2D eigenvalue weighted by atomic mass is 19.1. The number of halogens is 1. The molecule has 3 aromatic heterocycles. The fraction of sp³-hybridized carbons (Fsp3) is 0.174. The Kier molecular flexibility index (Phi) is 5.70. The molecule has 0 unspecified atom stereocenters. The summed E-state index contributed by atoms with van der Waals surface area (Å²) in [6, 6.07) is 8.52. The zero-order valence-corrected chi connectivity index (χ0v) is 16.7. The summed E-state index contributed by atoms with van der Waals surface area (Å²) in [5.74, 6) is 0.0276. The molecule has 0 spiro atoms. The molecule has 0 aromatic carbocycles. The van der Waals surface area contributed by atoms with Crippen molar-refractivity contribution in [2.75, 3.05) is 0 Å². The first kappa shape index (κ1) is 19.6. The molecule has 4 rings (SSSR count). The zero-order chi connectivity index (χ0) is 20.9. The minimum atomic E-state index is -0.521. The Morgan fingerprint density at radius 2 is 1.90 bits per heavy atom. The van der Waals surface area contributed by atoms with Gasteiger partial charge in [-0.3, -0.25) is 0 Å². The normalized spacial score (nSPS) is 13.5. The predicted octanol–water partition coefficient (Wildman–Crippen LogP) is 4.35. The molecular weight excluding hydrogens is 379 g/mol. The quantitative estimate of drug-likeness (QED) is 0.573. The molecule has 0 saturated carbocycles. The molecule has 0 aliphatic carbocycles. The van der Waals surface area contributed by atoms with E-state index in [-0.39, 0.29) is 0 Å². The standard InChI is InChI=1S/C23H21FN6/c1-3-6-17-14-19(23-25-10-5-11-26-23)28-29-20(17)15-30-12-9-16(2)13-21(30)18-7-4-8-22(24)27-18/h4-5,7-14H,2-3,6,15H2,1H3. The molecule has 0 bridgehead atoms. The van der Waals surface area contributed by atoms with E-state index in [1.807, 2.05) is 29.3 Å². The van der Waals surface area contributed by atoms with Crippen LogP contribution in [0, 0.1) is 5.95 Å². The molecule has 0 atom stereocenters. The lowest BCUT2D eigenvalue weighted by atomic mass is 10.1. The van der Waals surface area contributed by atoms with Crippen LogP contribution in [0.1, 0.15) is 30.3 Å². The lowest BCUT2D eigenvalue weighted by Crippen LogP contribution is -2.21. The molecule has 0 fully saturated rings. The van der Waals surface area contributed by atoms with E-state index in [0.29, 0.717) is 23.8 Å². The molecular formula is C23H21FN6. The Morgan fingerprint density at radius 1 is 1.07 bits per heavy atom. The van der Waals surface area contributed by atoms with Gasteiger partial charge in [0, 0.05) is 18.6 Å². The Bertz CT molecular complexity index is 1120. The molecule has 1 aliphatic rings. The van der Waals surface area contributed by atoms with Crippen LogP contribution in [0.4, 0.5) is 4.39 Å². The first-order chi connectivity index (χ1) is 14.6. The number of hydrogen-bond donors (Lipinski definition) is 0. The fourth-order valence-corrected chi connectivity index (χ4v) is 3.26. The Labute approximate surface area is 174 Å². The smallest absolute Gasteiger partial charge is 0.213 e. The van der Waals surface area contributed by atoms with Gasteiger partial charge in [0.05, 0.1) is 23.6 Å². The molecule has 6 nitrogen and oxygen atoms in total. The van der Waals surface area contributed by atoms with Crippen molar-refractivity contribution in [1.29, 1.82) is 0 Å². The summed E-state index contributed by atoms with van der Waals surface area (Å²) in [5, 5.41) is 8.83. The number of rotatable bonds is 6. The lowest BCUT2D eigenvalue weighted by molar-refractivity contribution is 0.500. The van der Waals surface area contributed by atoms with E-state index < -0.39 is 5.95 Å². The first-order valence-corrected chi connectivity index (χ1v) is 9.75. The van der Waals surface area contributed by atoms with E-state index in [1.165, 1.54) is 6.07 Å². The van der Waals surface area contributed by atoms with Crippen LogP contribution in [0.15, 0.2) is 73.2 Å². The maximum absolute atomic E-state index is 13.7. The van der Waals surface area contributed by atoms with Crippen LogP contribution in [-0.2, 0) is 13.0 Å². The number of pyridine rings is 1. The fourth-order valence-electron chi connectivity index (χ4n) is 3.26. The molecule has 0 radical (unpaired) electrons. The minimum absolute atomic E-state index is 0.478. The SMILES string of the molecule is C=C1C=CN(Cc2nnc(-c3ncccn3)cc2CCC)C(c2cccc(F)n2)=C1. The molecule has 0 amide bonds. The van der Waals surface area contributed by atoms with Crippen molar-refractivity contribution in [3.8, 4) is 11.5 Å². The van der Waals surface area contributed by atoms with Gasteiger partial charge < -0.3 is 4.90 Å². The third-order valence-electron chi connectivity index (χ3n) is 4.67. The van der Waals surface area contributed by atoms with E-state index in [1.54, 1.807) is 30.6 Å². The largest absolute Gasteiger partial charge is 0.340 e. The highest BCUT2D eigenvalue weighted by Crippen LogP contribution is 2.27. The van der Waals surface area contributed by atoms with E-state index in [4.69, 9.17) is 0 Å². The van der Waals surface area contributed by atoms with Gasteiger partial charge >= 0.3 is 0 Å². The average Bonchev–Trinajstić information content (AvgIpc) is 2.77. The van der Waals surface area contributed by atoms with Gasteiger partial charge in [0.1, 0.15) is 5.69 Å². The summed E-state index contributed by atoms with van der Waals surface area (Å²) in [4.78, 5) is 14.5. The molecule has 1 aliphatic heterocycles. The molecule has 7 heteroatoms. The summed E-state index contributed by atoms with van der Waals surface area (Å²) in [5.41, 5.74) is 4.70. The van der Waals surface area contributed by atoms with Crippen LogP contribution < -0.4 is 0 Å². The predicted molar refractivity (Wildman–Crippen MR) is 113 cm³/mol. The van der Waals surface area contributed by atoms with Crippen molar-refractivity contribution in [3.63, 3.8) is 0 Å². The Morgan fingerprint density at radius 3 is 2.67 bits per heavy atom. The Hall–Kier alpha value is -3.74. The maximum atomic E-state index is 13.7. The number of hydrogen-bond acceptors (Lipinski definition) is 6. The second-order valence-corrected chi connectivity index (χ2v) is 6.92. The highest BCUT2D eigenvalue weighted by molar-refractivity contribution is 5.68. The van der Waals surface area contributed by atoms with Crippen LogP contribution in [0.25, 0.3) is 17.2 Å². The van der Waals surface area contributed by atoms with E-state index >= 15 is 0 Å². The zero-order valence-electron chi connectivity index (χ0n) is 16.7. The number of aromatic nitrogens is 5. The van der Waals surface area contributed by atoms with Gasteiger partial charge in [-0.25, -0.2) is 15.0 Å². The highest BCUT2D eigenvalue weighted by Gasteiger charge is 2.19. The van der Waals surface area contributed by atoms with Crippen LogP contribution in [-0.4, -0.2) is 30.0 Å². The molecule has 150 valence electrons. The van der Waals surface area contributed by atoms with Gasteiger partial charge in [-0.05, 0) is 54.0 Å². The van der Waals surface area contributed by atoms with Crippen molar-refractivity contribution >= 4 is 5.70 Å². The summed E-state index contributed by atoms with van der Waals surface area (Å²) in [6.07, 6.45) is 10.9. The van der Waals surface area contributed by atoms with Gasteiger partial charge in [0.2, 0.25) is 5.95 Å². The summed E-state index contributed by atoms with van der Waals surface area (Å²) >= 11 is 0. The minimum Gasteiger partial charge on any atom is -0.340 e. The third kappa shape index (κ3) is 4.30. The van der Waals surface area contributed by atoms with Crippen LogP contribution >= 0.6 is 0 Å². The van der Waals surface area contributed by atoms with Gasteiger partial charge in [-0.2, -0.15) is 9.49 Å². The molecule has 0 N–H and O–H groups in total. The Balaban J connectivity index is 1.67.